The SMILES string of the molecule is Cn1c(-c2ccc(OC[C@H](ON)C(N)=O)cc2)cn(CCCNC(=O)OC(C)(C)C)/c1=N/C(=O)OC(C)(C)C. The van der Waals surface area contributed by atoms with E-state index in [0.717, 1.165) is 11.3 Å². The monoisotopic (exact) mass is 548 g/mol. The maximum Gasteiger partial charge on any atom is 0.437 e. The first-order valence-electron chi connectivity index (χ1n) is 12.5. The first-order chi connectivity index (χ1) is 18.1. The zero-order valence-corrected chi connectivity index (χ0v) is 23.6. The van der Waals surface area contributed by atoms with E-state index in [1.54, 1.807) is 65.3 Å². The Balaban J connectivity index is 2.26. The number of nitrogens with one attached hydrogen (secondary N) is 1. The van der Waals surface area contributed by atoms with Crippen LogP contribution in [0, 0.1) is 0 Å². The normalized spacial score (nSPS) is 13.1. The minimum absolute atomic E-state index is 0.133. The molecule has 0 aliphatic carbocycles. The van der Waals surface area contributed by atoms with Gasteiger partial charge in [0.05, 0.1) is 5.69 Å². The first-order valence-corrected chi connectivity index (χ1v) is 12.5. The molecule has 216 valence electrons. The van der Waals surface area contributed by atoms with Crippen molar-refractivity contribution in [2.24, 2.45) is 23.7 Å². The number of benzene rings is 1. The van der Waals surface area contributed by atoms with Crippen LogP contribution in [0.15, 0.2) is 35.5 Å². The van der Waals surface area contributed by atoms with Crippen LogP contribution in [0.4, 0.5) is 9.59 Å². The van der Waals surface area contributed by atoms with E-state index in [-0.39, 0.29) is 6.61 Å². The number of aryl methyl sites for hydroxylation is 1. The van der Waals surface area contributed by atoms with E-state index in [4.69, 9.17) is 25.8 Å². The van der Waals surface area contributed by atoms with Crippen LogP contribution in [-0.4, -0.2) is 57.7 Å². The topological polar surface area (TPSA) is 174 Å². The van der Waals surface area contributed by atoms with Gasteiger partial charge in [-0.3, -0.25) is 9.63 Å². The fourth-order valence-corrected chi connectivity index (χ4v) is 3.37. The lowest BCUT2D eigenvalue weighted by atomic mass is 10.1. The average Bonchev–Trinajstić information content (AvgIpc) is 3.10. The Kier molecular flexibility index (Phi) is 10.7. The van der Waals surface area contributed by atoms with Crippen molar-refractivity contribution >= 4 is 18.1 Å². The second-order valence-electron chi connectivity index (χ2n) is 10.8. The summed E-state index contributed by atoms with van der Waals surface area (Å²) in [6.45, 7) is 11.4. The summed E-state index contributed by atoms with van der Waals surface area (Å²) in [5.41, 5.74) is 5.87. The van der Waals surface area contributed by atoms with Crippen LogP contribution in [-0.2, 0) is 32.7 Å². The van der Waals surface area contributed by atoms with Gasteiger partial charge in [-0.15, -0.1) is 4.99 Å². The molecule has 3 amide bonds. The van der Waals surface area contributed by atoms with Crippen LogP contribution >= 0.6 is 0 Å². The van der Waals surface area contributed by atoms with Crippen molar-refractivity contribution in [1.29, 1.82) is 0 Å². The third kappa shape index (κ3) is 10.4. The highest BCUT2D eigenvalue weighted by molar-refractivity contribution is 5.79. The van der Waals surface area contributed by atoms with Gasteiger partial charge < -0.3 is 34.4 Å². The van der Waals surface area contributed by atoms with Gasteiger partial charge in [0, 0.05) is 26.3 Å². The molecule has 1 atom stereocenters. The molecular formula is C26H40N6O7. The van der Waals surface area contributed by atoms with E-state index in [2.05, 4.69) is 15.1 Å². The van der Waals surface area contributed by atoms with Crippen LogP contribution in [0.5, 0.6) is 5.75 Å². The molecule has 2 aromatic rings. The number of aromatic nitrogens is 2. The molecule has 0 bridgehead atoms. The summed E-state index contributed by atoms with van der Waals surface area (Å²) < 4.78 is 19.8. The second-order valence-corrected chi connectivity index (χ2v) is 10.8. The quantitative estimate of drug-likeness (QED) is 0.299. The maximum absolute atomic E-state index is 12.5. The summed E-state index contributed by atoms with van der Waals surface area (Å²) in [4.78, 5) is 44.4. The molecule has 0 fully saturated rings. The minimum Gasteiger partial charge on any atom is -0.490 e. The Labute approximate surface area is 228 Å². The third-order valence-corrected chi connectivity index (χ3v) is 5.06. The maximum atomic E-state index is 12.5. The summed E-state index contributed by atoms with van der Waals surface area (Å²) in [5.74, 6) is 4.82. The molecule has 0 aliphatic heterocycles. The van der Waals surface area contributed by atoms with Gasteiger partial charge in [0.2, 0.25) is 5.62 Å². The molecule has 0 spiro atoms. The Morgan fingerprint density at radius 3 is 2.18 bits per heavy atom. The van der Waals surface area contributed by atoms with E-state index in [1.165, 1.54) is 0 Å². The Bertz CT molecular complexity index is 1200. The molecule has 2 rings (SSSR count). The van der Waals surface area contributed by atoms with Gasteiger partial charge in [0.15, 0.2) is 6.10 Å². The van der Waals surface area contributed by atoms with Crippen molar-refractivity contribution in [3.05, 3.63) is 36.1 Å². The molecule has 1 aromatic carbocycles. The third-order valence-electron chi connectivity index (χ3n) is 5.06. The van der Waals surface area contributed by atoms with Gasteiger partial charge in [0.1, 0.15) is 23.6 Å². The number of hydrogen-bond donors (Lipinski definition) is 3. The molecule has 39 heavy (non-hydrogen) atoms. The number of alkyl carbamates (subject to hydrolysis) is 1. The zero-order valence-electron chi connectivity index (χ0n) is 23.6. The lowest BCUT2D eigenvalue weighted by Gasteiger charge is -2.19. The van der Waals surface area contributed by atoms with Gasteiger partial charge >= 0.3 is 12.2 Å². The van der Waals surface area contributed by atoms with Gasteiger partial charge in [-0.05, 0) is 77.8 Å². The summed E-state index contributed by atoms with van der Waals surface area (Å²) in [7, 11) is 1.79. The van der Waals surface area contributed by atoms with Gasteiger partial charge in [0.25, 0.3) is 5.91 Å². The molecule has 0 saturated heterocycles. The predicted molar refractivity (Wildman–Crippen MR) is 143 cm³/mol. The molecule has 0 aliphatic rings. The van der Waals surface area contributed by atoms with Crippen LogP contribution < -0.4 is 27.3 Å². The Morgan fingerprint density at radius 1 is 1.03 bits per heavy atom. The van der Waals surface area contributed by atoms with Crippen molar-refractivity contribution in [1.82, 2.24) is 14.5 Å². The molecule has 0 radical (unpaired) electrons. The number of amides is 3. The minimum atomic E-state index is -1.07. The Morgan fingerprint density at radius 2 is 1.64 bits per heavy atom. The van der Waals surface area contributed by atoms with Gasteiger partial charge in [-0.1, -0.05) is 0 Å². The van der Waals surface area contributed by atoms with Crippen LogP contribution in [0.1, 0.15) is 48.0 Å². The Hall–Kier alpha value is -3.84. The zero-order chi connectivity index (χ0) is 29.4. The number of hydrogen-bond acceptors (Lipinski definition) is 8. The van der Waals surface area contributed by atoms with E-state index >= 15 is 0 Å². The van der Waals surface area contributed by atoms with Crippen LogP contribution in [0.25, 0.3) is 11.3 Å². The summed E-state index contributed by atoms with van der Waals surface area (Å²) in [6, 6.07) is 7.07. The van der Waals surface area contributed by atoms with E-state index in [1.807, 2.05) is 22.9 Å². The first kappa shape index (κ1) is 31.4. The lowest BCUT2D eigenvalue weighted by Crippen LogP contribution is -2.38. The standard InChI is InChI=1S/C26H40N6O7/c1-25(2,3)37-23(34)29-13-8-14-32-15-19(31(7)22(32)30-24(35)38-26(4,5)6)17-9-11-18(12-10-17)36-16-20(39-28)21(27)33/h9-12,15,20H,8,13-14,16,28H2,1-7H3,(H2,27,33)(H,29,34)/b30-22+/t20-/m0/s1. The second kappa shape index (κ2) is 13.3. The van der Waals surface area contributed by atoms with Crippen molar-refractivity contribution < 1.29 is 33.4 Å². The van der Waals surface area contributed by atoms with E-state index in [9.17, 15) is 14.4 Å². The molecule has 0 saturated carbocycles. The summed E-state index contributed by atoms with van der Waals surface area (Å²) in [5, 5.41) is 2.73. The number of ether oxygens (including phenoxy) is 3. The fraction of sp³-hybridized carbons (Fsp3) is 0.538. The van der Waals surface area contributed by atoms with Gasteiger partial charge in [-0.25, -0.2) is 15.5 Å². The van der Waals surface area contributed by atoms with Crippen LogP contribution in [0.2, 0.25) is 0 Å². The molecule has 13 heteroatoms. The van der Waals surface area contributed by atoms with Crippen molar-refractivity contribution in [2.45, 2.75) is 71.8 Å². The van der Waals surface area contributed by atoms with Crippen molar-refractivity contribution in [2.75, 3.05) is 13.2 Å². The number of rotatable bonds is 10. The number of nitrogens with two attached hydrogens (primary N) is 2. The largest absolute Gasteiger partial charge is 0.490 e. The summed E-state index contributed by atoms with van der Waals surface area (Å²) in [6.07, 6.45) is 0.130. The molecular weight excluding hydrogens is 508 g/mol. The highest BCUT2D eigenvalue weighted by atomic mass is 16.6. The predicted octanol–water partition coefficient (Wildman–Crippen LogP) is 2.37. The van der Waals surface area contributed by atoms with Crippen molar-refractivity contribution in [3.8, 4) is 17.0 Å². The molecule has 1 heterocycles. The van der Waals surface area contributed by atoms with Crippen LogP contribution in [0.3, 0.4) is 0 Å². The number of carbonyl (C=O) groups is 3. The van der Waals surface area contributed by atoms with Gasteiger partial charge in [-0.2, -0.15) is 0 Å². The molecule has 0 unspecified atom stereocenters. The molecule has 5 N–H and O–H groups in total. The average molecular weight is 549 g/mol. The number of carbonyl (C=O) groups excluding carboxylic acids is 3. The fourth-order valence-electron chi connectivity index (χ4n) is 3.37. The smallest absolute Gasteiger partial charge is 0.437 e. The van der Waals surface area contributed by atoms with E-state index in [0.29, 0.717) is 30.9 Å². The highest BCUT2D eigenvalue weighted by Gasteiger charge is 2.19. The summed E-state index contributed by atoms with van der Waals surface area (Å²) >= 11 is 0. The highest BCUT2D eigenvalue weighted by Crippen LogP contribution is 2.22. The van der Waals surface area contributed by atoms with Crippen molar-refractivity contribution in [3.63, 3.8) is 0 Å². The number of imidazole rings is 1. The lowest BCUT2D eigenvalue weighted by molar-refractivity contribution is -0.131. The molecule has 13 nitrogen and oxygen atoms in total. The number of nitrogens with zero attached hydrogens (tertiary/aromatic N) is 3. The molecule has 1 aromatic heterocycles. The number of primary amides is 1. The van der Waals surface area contributed by atoms with E-state index < -0.39 is 35.4 Å².